The molecule has 9 amide bonds. The van der Waals surface area contributed by atoms with Gasteiger partial charge in [0.2, 0.25) is 53.2 Å². The van der Waals surface area contributed by atoms with Crippen LogP contribution in [0, 0.1) is 5.92 Å². The number of carboxylic acid groups (broad SMARTS) is 2. The number of nitrogens with two attached hydrogens (primary N) is 3. The van der Waals surface area contributed by atoms with Crippen LogP contribution in [-0.4, -0.2) is 134 Å². The van der Waals surface area contributed by atoms with Gasteiger partial charge in [-0.1, -0.05) is 19.9 Å². The fourth-order valence-electron chi connectivity index (χ4n) is 6.54. The van der Waals surface area contributed by atoms with Gasteiger partial charge >= 0.3 is 11.9 Å². The Balaban J connectivity index is 2.69. The maximum atomic E-state index is 14.3. The van der Waals surface area contributed by atoms with Gasteiger partial charge in [-0.15, -0.1) is 11.8 Å². The van der Waals surface area contributed by atoms with Crippen LogP contribution in [0.25, 0.3) is 0 Å². The smallest absolute Gasteiger partial charge is 0.303 e. The highest BCUT2D eigenvalue weighted by Gasteiger charge is 2.40. The first-order valence-electron chi connectivity index (χ1n) is 21.2. The molecule has 1 fully saturated rings. The first-order valence-corrected chi connectivity index (χ1v) is 22.3. The lowest BCUT2D eigenvalue weighted by molar-refractivity contribution is -0.141. The Morgan fingerprint density at radius 2 is 1.45 bits per heavy atom. The summed E-state index contributed by atoms with van der Waals surface area (Å²) in [6.07, 6.45) is -2.76. The average molecular weight is 951 g/mol. The number of carbonyl (C=O) groups excluding carboxylic acids is 9. The Hall–Kier alpha value is -6.66. The number of aromatic hydroxyl groups is 1. The minimum Gasteiger partial charge on any atom is -0.506 e. The summed E-state index contributed by atoms with van der Waals surface area (Å²) < 4.78 is 0. The Labute approximate surface area is 384 Å². The summed E-state index contributed by atoms with van der Waals surface area (Å²) in [5.41, 5.74) is 14.8. The van der Waals surface area contributed by atoms with Crippen LogP contribution in [0.15, 0.2) is 18.2 Å². The van der Waals surface area contributed by atoms with Crippen LogP contribution in [0.2, 0.25) is 0 Å². The maximum Gasteiger partial charge on any atom is 0.303 e. The first-order chi connectivity index (χ1) is 30.9. The van der Waals surface area contributed by atoms with Crippen molar-refractivity contribution in [2.45, 2.75) is 127 Å². The fraction of sp³-hybridized carbons (Fsp3) is 0.585. The van der Waals surface area contributed by atoms with Crippen molar-refractivity contribution < 1.29 is 68.1 Å². The molecule has 1 heterocycles. The van der Waals surface area contributed by atoms with E-state index in [9.17, 15) is 68.1 Å². The van der Waals surface area contributed by atoms with Crippen molar-refractivity contribution >= 4 is 82.6 Å². The van der Waals surface area contributed by atoms with Crippen LogP contribution >= 0.6 is 11.8 Å². The van der Waals surface area contributed by atoms with Crippen molar-refractivity contribution in [1.82, 2.24) is 37.2 Å². The number of phenolic OH excluding ortho intramolecular Hbond substituents is 1. The molecule has 2 rings (SSSR count). The van der Waals surface area contributed by atoms with E-state index in [1.165, 1.54) is 18.2 Å². The summed E-state index contributed by atoms with van der Waals surface area (Å²) in [6, 6.07) is -3.27. The number of anilines is 1. The zero-order chi connectivity index (χ0) is 49.7. The topological polar surface area (TPSA) is 411 Å². The van der Waals surface area contributed by atoms with Crippen LogP contribution in [-0.2, 0) is 59.2 Å². The lowest BCUT2D eigenvalue weighted by atomic mass is 9.92. The van der Waals surface area contributed by atoms with Crippen molar-refractivity contribution in [3.8, 4) is 5.75 Å². The van der Waals surface area contributed by atoms with Gasteiger partial charge in [0.15, 0.2) is 0 Å². The van der Waals surface area contributed by atoms with Gasteiger partial charge in [0.1, 0.15) is 41.5 Å². The molecule has 0 aliphatic carbocycles. The number of amides is 9. The van der Waals surface area contributed by atoms with Crippen LogP contribution < -0.4 is 54.4 Å². The molecule has 1 aliphatic heterocycles. The van der Waals surface area contributed by atoms with Gasteiger partial charge < -0.3 is 69.7 Å². The number of carbonyl (C=O) groups is 11. The molecular formula is C41H62N10O14S. The Bertz CT molecular complexity index is 1970. The third-order valence-electron chi connectivity index (χ3n) is 10.1. The Kier molecular flexibility index (Phi) is 22.7. The highest BCUT2D eigenvalue weighted by Crippen LogP contribution is 2.22. The molecule has 1 aliphatic rings. The van der Waals surface area contributed by atoms with Crippen molar-refractivity contribution in [2.75, 3.05) is 23.8 Å². The third kappa shape index (κ3) is 20.0. The molecule has 16 N–H and O–H groups in total. The normalized spacial score (nSPS) is 23.9. The molecule has 66 heavy (non-hydrogen) atoms. The van der Waals surface area contributed by atoms with E-state index in [0.717, 1.165) is 18.7 Å². The summed E-state index contributed by atoms with van der Waals surface area (Å²) in [6.45, 7) is 4.54. The zero-order valence-corrected chi connectivity index (χ0v) is 37.9. The van der Waals surface area contributed by atoms with Gasteiger partial charge in [0.25, 0.3) is 0 Å². The lowest BCUT2D eigenvalue weighted by Gasteiger charge is -2.33. The molecule has 24 nitrogen and oxygen atoms in total. The van der Waals surface area contributed by atoms with E-state index in [1.807, 2.05) is 0 Å². The molecule has 1 aromatic rings. The predicted octanol–water partition coefficient (Wildman–Crippen LogP) is -2.62. The van der Waals surface area contributed by atoms with Crippen LogP contribution in [0.3, 0.4) is 0 Å². The molecule has 0 aromatic heterocycles. The molecule has 1 saturated heterocycles. The number of carboxylic acids is 2. The lowest BCUT2D eigenvalue weighted by Crippen LogP contribution is -2.64. The number of nitrogen functional groups attached to an aromatic ring is 1. The molecular weight excluding hydrogens is 889 g/mol. The number of hydrogen-bond donors (Lipinski definition) is 13. The second-order valence-electron chi connectivity index (χ2n) is 16.5. The summed E-state index contributed by atoms with van der Waals surface area (Å²) in [4.78, 5) is 143. The number of rotatable bonds is 14. The second kappa shape index (κ2) is 27.0. The summed E-state index contributed by atoms with van der Waals surface area (Å²) in [7, 11) is 0. The van der Waals surface area contributed by atoms with Gasteiger partial charge in [-0.05, 0) is 69.1 Å². The van der Waals surface area contributed by atoms with Crippen molar-refractivity contribution in [2.24, 2.45) is 17.4 Å². The van der Waals surface area contributed by atoms with Crippen LogP contribution in [0.5, 0.6) is 5.75 Å². The zero-order valence-electron chi connectivity index (χ0n) is 37.1. The molecule has 0 saturated carbocycles. The molecule has 366 valence electrons. The maximum absolute atomic E-state index is 14.3. The number of phenols is 1. The van der Waals surface area contributed by atoms with Gasteiger partial charge in [-0.25, -0.2) is 0 Å². The van der Waals surface area contributed by atoms with E-state index in [0.29, 0.717) is 5.56 Å². The van der Waals surface area contributed by atoms with Gasteiger partial charge in [0.05, 0.1) is 17.9 Å². The largest absolute Gasteiger partial charge is 0.506 e. The summed E-state index contributed by atoms with van der Waals surface area (Å²) in [5.74, 6) is -11.7. The van der Waals surface area contributed by atoms with E-state index in [4.69, 9.17) is 17.2 Å². The summed E-state index contributed by atoms with van der Waals surface area (Å²) >= 11 is 0.900. The first kappa shape index (κ1) is 55.5. The molecule has 0 spiro atoms. The van der Waals surface area contributed by atoms with Crippen LogP contribution in [0.1, 0.15) is 90.5 Å². The number of nitrogens with one attached hydrogen (secondary N) is 7. The standard InChI is InChI=1S/C41H62N10O14S/c1-21(2)15-25-38(63)49-26(17-22-10-11-29(52)23(42)16-22)39(64)51-41(3,13-12-34(58)59)40(65)50-27(18-30(43)53)36(61)45-14-5-4-8-31(54)47-28(35(44)60)19-66-20-32(55)46-24(37(62)48-25)7-6-9-33(56)57/h10-11,16,21,24-28,52H,4-9,12-15,17-20,42H2,1-3H3,(H2,43,53)(H2,44,60)(H,45,61)(H,46,55)(H,47,54)(H,48,62)(H,49,63)(H,50,65)(H,51,64)(H,56,57)(H,58,59)/t24-,25-,26-,27-,28-,41-/m0/s1. The number of hydrogen-bond acceptors (Lipinski definition) is 14. The van der Waals surface area contributed by atoms with E-state index in [2.05, 4.69) is 37.2 Å². The van der Waals surface area contributed by atoms with Crippen molar-refractivity contribution in [3.63, 3.8) is 0 Å². The molecule has 6 atom stereocenters. The van der Waals surface area contributed by atoms with Crippen molar-refractivity contribution in [1.29, 1.82) is 0 Å². The minimum atomic E-state index is -2.15. The summed E-state index contributed by atoms with van der Waals surface area (Å²) in [5, 5.41) is 46.4. The average Bonchev–Trinajstić information content (AvgIpc) is 3.21. The van der Waals surface area contributed by atoms with Gasteiger partial charge in [-0.3, -0.25) is 52.7 Å². The van der Waals surface area contributed by atoms with E-state index >= 15 is 0 Å². The fourth-order valence-corrected chi connectivity index (χ4v) is 7.41. The van der Waals surface area contributed by atoms with Crippen molar-refractivity contribution in [3.05, 3.63) is 23.8 Å². The molecule has 0 unspecified atom stereocenters. The highest BCUT2D eigenvalue weighted by molar-refractivity contribution is 8.00. The second-order valence-corrected chi connectivity index (χ2v) is 17.5. The molecule has 1 aromatic carbocycles. The SMILES string of the molecule is CC(C)C[C@@H]1NC(=O)[C@H](CCCC(=O)O)NC(=O)CSC[C@@H](C(N)=O)NC(=O)CCCCNC(=O)[C@H](CC(N)=O)NC(=O)[C@](C)(CCC(=O)O)NC(=O)[C@H](Cc2ccc(O)c(N)c2)NC1=O. The molecule has 0 radical (unpaired) electrons. The third-order valence-corrected chi connectivity index (χ3v) is 11.2. The number of benzene rings is 1. The number of thioether (sulfide) groups is 1. The van der Waals surface area contributed by atoms with Crippen LogP contribution in [0.4, 0.5) is 5.69 Å². The minimum absolute atomic E-state index is 0.0357. The molecule has 25 heteroatoms. The quantitative estimate of drug-likeness (QED) is 0.0670. The number of primary amides is 2. The highest BCUT2D eigenvalue weighted by atomic mass is 32.2. The van der Waals surface area contributed by atoms with E-state index < -0.39 is 120 Å². The van der Waals surface area contributed by atoms with E-state index in [-0.39, 0.29) is 86.8 Å². The number of aliphatic carboxylic acids is 2. The Morgan fingerprint density at radius 1 is 0.803 bits per heavy atom. The monoisotopic (exact) mass is 950 g/mol. The Morgan fingerprint density at radius 3 is 2.06 bits per heavy atom. The predicted molar refractivity (Wildman–Crippen MR) is 237 cm³/mol. The van der Waals surface area contributed by atoms with Gasteiger partial charge in [0, 0.05) is 38.0 Å². The van der Waals surface area contributed by atoms with E-state index in [1.54, 1.807) is 13.8 Å². The molecule has 0 bridgehead atoms. The van der Waals surface area contributed by atoms with Gasteiger partial charge in [-0.2, -0.15) is 0 Å².